The SMILES string of the molecule is CC/C=C\C/C=C\C/C=C\C/C=C\C/C=C\C/C=C\CCC(=O)O[C@H](COC(=O)CC/C=C\C/C=C\C[C@H](O)/C=C/C=C\C=C\[C@H](O)C/C=C\CC)COP(=O)(O)OC[C@@H](O)COP(=O)(O)O. The van der Waals surface area contributed by atoms with E-state index in [9.17, 15) is 38.9 Å². The van der Waals surface area contributed by atoms with Crippen LogP contribution in [0.3, 0.4) is 0 Å². The Morgan fingerprint density at radius 2 is 0.866 bits per heavy atom. The van der Waals surface area contributed by atoms with Crippen molar-refractivity contribution in [3.8, 4) is 0 Å². The Balaban J connectivity index is 4.86. The number of carbonyl (C=O) groups excluding carboxylic acids is 2. The number of aliphatic hydroxyl groups is 3. The summed E-state index contributed by atoms with van der Waals surface area (Å²) in [6.45, 7) is 1.14. The number of hydrogen-bond donors (Lipinski definition) is 6. The molecule has 0 fully saturated rings. The Morgan fingerprint density at radius 1 is 0.478 bits per heavy atom. The molecule has 376 valence electrons. The van der Waals surface area contributed by atoms with Gasteiger partial charge in [-0.3, -0.25) is 23.2 Å². The van der Waals surface area contributed by atoms with Crippen LogP contribution in [0.2, 0.25) is 0 Å². The molecule has 0 aromatic heterocycles. The predicted molar refractivity (Wildman–Crippen MR) is 264 cm³/mol. The Kier molecular flexibility index (Phi) is 40.6. The van der Waals surface area contributed by atoms with E-state index in [1.165, 1.54) is 0 Å². The van der Waals surface area contributed by atoms with Crippen molar-refractivity contribution in [3.63, 3.8) is 0 Å². The van der Waals surface area contributed by atoms with E-state index in [0.717, 1.165) is 38.5 Å². The van der Waals surface area contributed by atoms with Gasteiger partial charge in [0, 0.05) is 12.8 Å². The summed E-state index contributed by atoms with van der Waals surface area (Å²) in [5.74, 6) is -1.31. The van der Waals surface area contributed by atoms with Gasteiger partial charge >= 0.3 is 27.6 Å². The zero-order chi connectivity index (χ0) is 49.7. The second kappa shape index (κ2) is 43.2. The van der Waals surface area contributed by atoms with Gasteiger partial charge in [-0.15, -0.1) is 0 Å². The maximum atomic E-state index is 12.7. The van der Waals surface area contributed by atoms with Gasteiger partial charge in [-0.25, -0.2) is 9.13 Å². The van der Waals surface area contributed by atoms with Crippen molar-refractivity contribution in [3.05, 3.63) is 146 Å². The summed E-state index contributed by atoms with van der Waals surface area (Å²) in [7, 11) is -9.79. The van der Waals surface area contributed by atoms with Gasteiger partial charge in [-0.2, -0.15) is 0 Å². The van der Waals surface area contributed by atoms with E-state index in [2.05, 4.69) is 64.6 Å². The summed E-state index contributed by atoms with van der Waals surface area (Å²) < 4.78 is 47.6. The molecule has 0 saturated heterocycles. The van der Waals surface area contributed by atoms with Crippen LogP contribution in [-0.2, 0) is 41.8 Å². The highest BCUT2D eigenvalue weighted by Crippen LogP contribution is 2.43. The van der Waals surface area contributed by atoms with Gasteiger partial charge in [0.15, 0.2) is 6.10 Å². The molecule has 0 aliphatic rings. The maximum Gasteiger partial charge on any atom is 0.472 e. The van der Waals surface area contributed by atoms with E-state index in [0.29, 0.717) is 38.5 Å². The Morgan fingerprint density at radius 3 is 1.34 bits per heavy atom. The summed E-state index contributed by atoms with van der Waals surface area (Å²) in [5, 5.41) is 29.7. The number of esters is 2. The van der Waals surface area contributed by atoms with Gasteiger partial charge in [0.1, 0.15) is 12.7 Å². The van der Waals surface area contributed by atoms with Gasteiger partial charge < -0.3 is 39.5 Å². The number of phosphoric ester groups is 2. The number of carbonyl (C=O) groups is 2. The highest BCUT2D eigenvalue weighted by molar-refractivity contribution is 7.47. The highest BCUT2D eigenvalue weighted by Gasteiger charge is 2.28. The Hall–Kier alpha value is -4.08. The second-order valence-electron chi connectivity index (χ2n) is 14.6. The van der Waals surface area contributed by atoms with Crippen LogP contribution in [0.25, 0.3) is 0 Å². The molecule has 0 amide bonds. The van der Waals surface area contributed by atoms with Gasteiger partial charge in [-0.05, 0) is 77.0 Å². The molecule has 67 heavy (non-hydrogen) atoms. The van der Waals surface area contributed by atoms with Crippen molar-refractivity contribution in [1.82, 2.24) is 0 Å². The van der Waals surface area contributed by atoms with Crippen LogP contribution in [0.5, 0.6) is 0 Å². The summed E-state index contributed by atoms with van der Waals surface area (Å²) in [5.41, 5.74) is 0. The predicted octanol–water partition coefficient (Wildman–Crippen LogP) is 9.94. The van der Waals surface area contributed by atoms with Crippen molar-refractivity contribution in [2.75, 3.05) is 26.4 Å². The van der Waals surface area contributed by atoms with Crippen molar-refractivity contribution < 1.29 is 71.8 Å². The molecule has 0 bridgehead atoms. The molecule has 0 spiro atoms. The molecule has 15 nitrogen and oxygen atoms in total. The molecule has 1 unspecified atom stereocenters. The molecule has 0 aromatic rings. The third-order valence-corrected chi connectivity index (χ3v) is 9.84. The van der Waals surface area contributed by atoms with Gasteiger partial charge in [-0.1, -0.05) is 160 Å². The fourth-order valence-electron chi connectivity index (χ4n) is 4.98. The summed E-state index contributed by atoms with van der Waals surface area (Å²) in [6, 6.07) is 0. The molecular weight excluding hydrogens is 902 g/mol. The number of rotatable bonds is 40. The van der Waals surface area contributed by atoms with E-state index in [1.807, 2.05) is 61.6 Å². The normalized spacial score (nSPS) is 16.1. The third kappa shape index (κ3) is 46.8. The van der Waals surface area contributed by atoms with E-state index >= 15 is 0 Å². The molecule has 0 rings (SSSR count). The lowest BCUT2D eigenvalue weighted by Gasteiger charge is -2.20. The minimum absolute atomic E-state index is 0.0122. The smallest absolute Gasteiger partial charge is 0.462 e. The molecule has 0 aromatic carbocycles. The quantitative estimate of drug-likeness (QED) is 0.0145. The monoisotopic (exact) mass is 978 g/mol. The van der Waals surface area contributed by atoms with Crippen LogP contribution >= 0.6 is 15.6 Å². The maximum absolute atomic E-state index is 12.7. The highest BCUT2D eigenvalue weighted by atomic mass is 31.2. The van der Waals surface area contributed by atoms with Crippen LogP contribution in [-0.4, -0.2) is 92.8 Å². The minimum Gasteiger partial charge on any atom is -0.462 e. The standard InChI is InChI=1S/C50H76O15P2/c1-3-5-7-8-9-10-11-12-13-14-15-16-17-18-19-20-21-26-34-40-50(55)65-48(44-64-67(59,60)63-42-47(53)41-62-66(56,57)58)43-61-49(54)39-33-25-23-22-24-30-36-46(52)38-32-28-27-31-37-45(51)35-29-6-4-2/h5-7,9-10,12-13,15-16,18-19,21,23-32,37-38,45-48,51-53H,3-4,8,11,14,17,20,22,33-36,39-44H2,1-2H3,(H,59,60)(H2,56,57,58)/b7-5-,10-9-,13-12-,16-15-,19-18-,25-23-,26-21-,28-27-,29-6-,30-24-,37-31+,38-32+/t45-,46+,47+,48-/m1/s1. The zero-order valence-electron chi connectivity index (χ0n) is 39.1. The molecule has 17 heteroatoms. The molecule has 0 radical (unpaired) electrons. The Bertz CT molecular complexity index is 1760. The summed E-state index contributed by atoms with van der Waals surface area (Å²) >= 11 is 0. The largest absolute Gasteiger partial charge is 0.472 e. The average molecular weight is 979 g/mol. The molecule has 0 saturated carbocycles. The number of allylic oxidation sites excluding steroid dienone is 20. The van der Waals surface area contributed by atoms with E-state index < -0.39 is 78.4 Å². The zero-order valence-corrected chi connectivity index (χ0v) is 40.9. The molecule has 5 atom stereocenters. The summed E-state index contributed by atoms with van der Waals surface area (Å²) in [6.07, 6.45) is 50.7. The molecular formula is C50H76O15P2. The second-order valence-corrected chi connectivity index (χ2v) is 17.3. The first-order chi connectivity index (χ1) is 32.2. The van der Waals surface area contributed by atoms with Gasteiger partial charge in [0.25, 0.3) is 0 Å². The van der Waals surface area contributed by atoms with Crippen molar-refractivity contribution in [2.45, 2.75) is 128 Å². The van der Waals surface area contributed by atoms with Crippen LogP contribution in [0.4, 0.5) is 0 Å². The summed E-state index contributed by atoms with van der Waals surface area (Å²) in [4.78, 5) is 52.7. The van der Waals surface area contributed by atoms with E-state index in [1.54, 1.807) is 42.5 Å². The van der Waals surface area contributed by atoms with E-state index in [-0.39, 0.29) is 12.8 Å². The lowest BCUT2D eigenvalue weighted by atomic mass is 10.2. The van der Waals surface area contributed by atoms with Crippen molar-refractivity contribution in [1.29, 1.82) is 0 Å². The first-order valence-electron chi connectivity index (χ1n) is 22.7. The molecule has 0 aliphatic carbocycles. The molecule has 0 aliphatic heterocycles. The van der Waals surface area contributed by atoms with Gasteiger partial charge in [0.05, 0.1) is 32.0 Å². The fraction of sp³-hybridized carbons (Fsp3) is 0.480. The number of phosphoric acid groups is 2. The Labute approximate surface area is 398 Å². The fourth-order valence-corrected chi connectivity index (χ4v) is 6.14. The lowest BCUT2D eigenvalue weighted by Crippen LogP contribution is -2.29. The first-order valence-corrected chi connectivity index (χ1v) is 25.8. The topological polar surface area (TPSA) is 236 Å². The minimum atomic E-state index is -4.90. The van der Waals surface area contributed by atoms with Crippen LogP contribution in [0.15, 0.2) is 146 Å². The van der Waals surface area contributed by atoms with Gasteiger partial charge in [0.2, 0.25) is 0 Å². The first kappa shape index (κ1) is 62.9. The van der Waals surface area contributed by atoms with Crippen molar-refractivity contribution in [2.24, 2.45) is 0 Å². The van der Waals surface area contributed by atoms with E-state index in [4.69, 9.17) is 23.8 Å². The molecule has 6 N–H and O–H groups in total. The third-order valence-electron chi connectivity index (χ3n) is 8.41. The van der Waals surface area contributed by atoms with Crippen LogP contribution < -0.4 is 0 Å². The number of hydrogen-bond acceptors (Lipinski definition) is 12. The average Bonchev–Trinajstić information content (AvgIpc) is 3.28. The van der Waals surface area contributed by atoms with Crippen molar-refractivity contribution >= 4 is 27.6 Å². The number of aliphatic hydroxyl groups excluding tert-OH is 3. The number of ether oxygens (including phenoxy) is 2. The van der Waals surface area contributed by atoms with Crippen LogP contribution in [0, 0.1) is 0 Å². The lowest BCUT2D eigenvalue weighted by molar-refractivity contribution is -0.161. The molecule has 0 heterocycles. The van der Waals surface area contributed by atoms with Crippen LogP contribution in [0.1, 0.15) is 104 Å².